The Hall–Kier alpha value is -1.87. The van der Waals surface area contributed by atoms with Crippen LogP contribution in [0.4, 0.5) is 0 Å². The number of aromatic nitrogens is 1. The number of thiophene rings is 1. The number of pyridine rings is 1. The Balaban J connectivity index is 2.13. The molecule has 3 aromatic rings. The highest BCUT2D eigenvalue weighted by Gasteiger charge is 2.05. The third kappa shape index (κ3) is 1.89. The first-order valence-electron chi connectivity index (χ1n) is 5.37. The quantitative estimate of drug-likeness (QED) is 0.677. The number of benzene rings is 1. The number of fused-ring (bicyclic) bond motifs is 1. The smallest absolute Gasteiger partial charge is 0.213 e. The zero-order chi connectivity index (χ0) is 11.7. The van der Waals surface area contributed by atoms with Crippen LogP contribution in [0.3, 0.4) is 0 Å². The van der Waals surface area contributed by atoms with Crippen molar-refractivity contribution >= 4 is 21.4 Å². The summed E-state index contributed by atoms with van der Waals surface area (Å²) in [4.78, 5) is 5.62. The molecule has 0 saturated carbocycles. The van der Waals surface area contributed by atoms with Crippen LogP contribution in [0.15, 0.2) is 48.5 Å². The monoisotopic (exact) mass is 241 g/mol. The van der Waals surface area contributed by atoms with E-state index < -0.39 is 0 Å². The van der Waals surface area contributed by atoms with Crippen molar-refractivity contribution in [2.75, 3.05) is 7.11 Å². The Morgan fingerprint density at radius 3 is 2.76 bits per heavy atom. The van der Waals surface area contributed by atoms with Crippen LogP contribution in [0.25, 0.3) is 20.7 Å². The van der Waals surface area contributed by atoms with Gasteiger partial charge >= 0.3 is 0 Å². The summed E-state index contributed by atoms with van der Waals surface area (Å²) < 4.78 is 6.43. The maximum atomic E-state index is 5.14. The number of rotatable bonds is 2. The summed E-state index contributed by atoms with van der Waals surface area (Å²) in [6.07, 6.45) is 0. The molecule has 0 aliphatic rings. The summed E-state index contributed by atoms with van der Waals surface area (Å²) in [7, 11) is 1.64. The molecule has 0 saturated heterocycles. The standard InChI is InChI=1S/C14H11NOS/c1-16-14-8-4-6-11(15-14)13-9-10-5-2-3-7-12(10)17-13/h2-9H,1H3. The lowest BCUT2D eigenvalue weighted by molar-refractivity contribution is 0.398. The Morgan fingerprint density at radius 2 is 1.94 bits per heavy atom. The molecular formula is C14H11NOS. The highest BCUT2D eigenvalue weighted by atomic mass is 32.1. The van der Waals surface area contributed by atoms with Gasteiger partial charge in [0.2, 0.25) is 5.88 Å². The first kappa shape index (κ1) is 10.3. The SMILES string of the molecule is COc1cccc(-c2cc3ccccc3s2)n1. The van der Waals surface area contributed by atoms with E-state index in [1.165, 1.54) is 15.0 Å². The minimum atomic E-state index is 0.653. The molecule has 2 heterocycles. The van der Waals surface area contributed by atoms with Crippen molar-refractivity contribution in [1.29, 1.82) is 0 Å². The van der Waals surface area contributed by atoms with E-state index >= 15 is 0 Å². The summed E-state index contributed by atoms with van der Waals surface area (Å²) in [6, 6.07) is 16.4. The van der Waals surface area contributed by atoms with E-state index in [9.17, 15) is 0 Å². The van der Waals surface area contributed by atoms with Crippen LogP contribution in [-0.2, 0) is 0 Å². The van der Waals surface area contributed by atoms with Gasteiger partial charge in [-0.15, -0.1) is 11.3 Å². The third-order valence-electron chi connectivity index (χ3n) is 2.61. The number of hydrogen-bond acceptors (Lipinski definition) is 3. The molecule has 0 radical (unpaired) electrons. The predicted octanol–water partition coefficient (Wildman–Crippen LogP) is 3.97. The van der Waals surface area contributed by atoms with Gasteiger partial charge in [-0.25, -0.2) is 4.98 Å². The Bertz CT molecular complexity index is 627. The highest BCUT2D eigenvalue weighted by Crippen LogP contribution is 2.32. The van der Waals surface area contributed by atoms with E-state index in [0.29, 0.717) is 5.88 Å². The van der Waals surface area contributed by atoms with Crippen molar-refractivity contribution in [3.05, 3.63) is 48.5 Å². The molecule has 0 aliphatic carbocycles. The lowest BCUT2D eigenvalue weighted by Gasteiger charge is -2.00. The zero-order valence-corrected chi connectivity index (χ0v) is 10.2. The molecule has 0 atom stereocenters. The summed E-state index contributed by atoms with van der Waals surface area (Å²) in [5, 5.41) is 1.26. The lowest BCUT2D eigenvalue weighted by atomic mass is 10.2. The minimum Gasteiger partial charge on any atom is -0.481 e. The average molecular weight is 241 g/mol. The summed E-state index contributed by atoms with van der Waals surface area (Å²) >= 11 is 1.75. The predicted molar refractivity (Wildman–Crippen MR) is 71.6 cm³/mol. The van der Waals surface area contributed by atoms with Crippen LogP contribution in [-0.4, -0.2) is 12.1 Å². The lowest BCUT2D eigenvalue weighted by Crippen LogP contribution is -1.87. The largest absolute Gasteiger partial charge is 0.481 e. The molecule has 0 fully saturated rings. The molecule has 3 rings (SSSR count). The summed E-state index contributed by atoms with van der Waals surface area (Å²) in [5.74, 6) is 0.653. The van der Waals surface area contributed by atoms with Gasteiger partial charge in [0, 0.05) is 10.8 Å². The molecule has 1 aromatic carbocycles. The first-order valence-corrected chi connectivity index (χ1v) is 6.18. The van der Waals surface area contributed by atoms with Gasteiger partial charge in [-0.05, 0) is 23.6 Å². The van der Waals surface area contributed by atoms with E-state index in [1.807, 2.05) is 18.2 Å². The van der Waals surface area contributed by atoms with Gasteiger partial charge < -0.3 is 4.74 Å². The van der Waals surface area contributed by atoms with Crippen LogP contribution in [0.5, 0.6) is 5.88 Å². The van der Waals surface area contributed by atoms with Gasteiger partial charge in [0.15, 0.2) is 0 Å². The van der Waals surface area contributed by atoms with Crippen molar-refractivity contribution in [2.45, 2.75) is 0 Å². The third-order valence-corrected chi connectivity index (χ3v) is 3.75. The van der Waals surface area contributed by atoms with Gasteiger partial charge in [-0.3, -0.25) is 0 Å². The van der Waals surface area contributed by atoms with E-state index in [4.69, 9.17) is 4.74 Å². The second kappa shape index (κ2) is 4.18. The van der Waals surface area contributed by atoms with Crippen molar-refractivity contribution in [3.8, 4) is 16.5 Å². The van der Waals surface area contributed by atoms with Crippen LogP contribution in [0.2, 0.25) is 0 Å². The van der Waals surface area contributed by atoms with Gasteiger partial charge in [0.25, 0.3) is 0 Å². The molecule has 84 valence electrons. The molecule has 0 bridgehead atoms. The molecule has 17 heavy (non-hydrogen) atoms. The van der Waals surface area contributed by atoms with Crippen molar-refractivity contribution < 1.29 is 4.74 Å². The molecule has 2 aromatic heterocycles. The fourth-order valence-corrected chi connectivity index (χ4v) is 2.81. The van der Waals surface area contributed by atoms with E-state index in [2.05, 4.69) is 35.3 Å². The van der Waals surface area contributed by atoms with Gasteiger partial charge in [0.1, 0.15) is 0 Å². The second-order valence-electron chi connectivity index (χ2n) is 3.71. The molecule has 0 spiro atoms. The van der Waals surface area contributed by atoms with Crippen molar-refractivity contribution in [2.24, 2.45) is 0 Å². The van der Waals surface area contributed by atoms with Crippen LogP contribution in [0, 0.1) is 0 Å². The van der Waals surface area contributed by atoms with Gasteiger partial charge in [-0.2, -0.15) is 0 Å². The number of hydrogen-bond donors (Lipinski definition) is 0. The minimum absolute atomic E-state index is 0.653. The fourth-order valence-electron chi connectivity index (χ4n) is 1.77. The van der Waals surface area contributed by atoms with Gasteiger partial charge in [0.05, 0.1) is 17.7 Å². The molecule has 0 unspecified atom stereocenters. The van der Waals surface area contributed by atoms with E-state index in [1.54, 1.807) is 18.4 Å². The van der Waals surface area contributed by atoms with Gasteiger partial charge in [-0.1, -0.05) is 24.3 Å². The zero-order valence-electron chi connectivity index (χ0n) is 9.38. The maximum Gasteiger partial charge on any atom is 0.213 e. The molecule has 0 aliphatic heterocycles. The number of ether oxygens (including phenoxy) is 1. The normalized spacial score (nSPS) is 10.6. The molecule has 2 nitrogen and oxygen atoms in total. The Labute approximate surface area is 104 Å². The summed E-state index contributed by atoms with van der Waals surface area (Å²) in [5.41, 5.74) is 0.963. The van der Waals surface area contributed by atoms with Crippen molar-refractivity contribution in [3.63, 3.8) is 0 Å². The van der Waals surface area contributed by atoms with Crippen LogP contribution in [0.1, 0.15) is 0 Å². The maximum absolute atomic E-state index is 5.14. The Morgan fingerprint density at radius 1 is 1.06 bits per heavy atom. The highest BCUT2D eigenvalue weighted by molar-refractivity contribution is 7.22. The van der Waals surface area contributed by atoms with E-state index in [0.717, 1.165) is 5.69 Å². The Kier molecular flexibility index (Phi) is 2.53. The molecule has 0 amide bonds. The van der Waals surface area contributed by atoms with Crippen LogP contribution >= 0.6 is 11.3 Å². The second-order valence-corrected chi connectivity index (χ2v) is 4.80. The average Bonchev–Trinajstić information content (AvgIpc) is 2.82. The molecule has 0 N–H and O–H groups in total. The molecular weight excluding hydrogens is 230 g/mol. The topological polar surface area (TPSA) is 22.1 Å². The number of nitrogens with zero attached hydrogens (tertiary/aromatic N) is 1. The fraction of sp³-hybridized carbons (Fsp3) is 0.0714. The molecule has 3 heteroatoms. The van der Waals surface area contributed by atoms with E-state index in [-0.39, 0.29) is 0 Å². The first-order chi connectivity index (χ1) is 8.36. The van der Waals surface area contributed by atoms with Crippen molar-refractivity contribution in [1.82, 2.24) is 4.98 Å². The number of methoxy groups -OCH3 is 1. The summed E-state index contributed by atoms with van der Waals surface area (Å²) in [6.45, 7) is 0. The van der Waals surface area contributed by atoms with Crippen LogP contribution < -0.4 is 4.74 Å².